The molecule has 0 saturated heterocycles. The van der Waals surface area contributed by atoms with Gasteiger partial charge in [0.1, 0.15) is 0 Å². The average Bonchev–Trinajstić information content (AvgIpc) is 2.68. The fourth-order valence-electron chi connectivity index (χ4n) is 1.89. The molecule has 2 aromatic rings. The Hall–Kier alpha value is -1.39. The first kappa shape index (κ1) is 14.0. The molecule has 2 rings (SSSR count). The number of carbonyl (C=O) groups is 1. The summed E-state index contributed by atoms with van der Waals surface area (Å²) in [5.74, 6) is 0.0854. The largest absolute Gasteiger partial charge is 0.321 e. The minimum atomic E-state index is 0.0854. The van der Waals surface area contributed by atoms with Crippen molar-refractivity contribution in [2.75, 3.05) is 0 Å². The molecule has 0 bridgehead atoms. The van der Waals surface area contributed by atoms with Gasteiger partial charge in [-0.15, -0.1) is 0 Å². The zero-order valence-electron chi connectivity index (χ0n) is 11.1. The van der Waals surface area contributed by atoms with Gasteiger partial charge in [-0.3, -0.25) is 4.79 Å². The van der Waals surface area contributed by atoms with Crippen molar-refractivity contribution in [2.24, 2.45) is 4.99 Å². The molecule has 1 aromatic carbocycles. The summed E-state index contributed by atoms with van der Waals surface area (Å²) >= 11 is 7.29. The molecule has 0 unspecified atom stereocenters. The molecule has 1 aromatic heterocycles. The molecule has 0 fully saturated rings. The molecule has 100 valence electrons. The summed E-state index contributed by atoms with van der Waals surface area (Å²) in [5.41, 5.74) is 1.82. The van der Waals surface area contributed by atoms with Gasteiger partial charge >= 0.3 is 0 Å². The number of hydrogen-bond acceptors (Lipinski definition) is 3. The van der Waals surface area contributed by atoms with Crippen LogP contribution in [0, 0.1) is 6.92 Å². The van der Waals surface area contributed by atoms with Crippen molar-refractivity contribution in [3.63, 3.8) is 0 Å². The summed E-state index contributed by atoms with van der Waals surface area (Å²) < 4.78 is 2.05. The lowest BCUT2D eigenvalue weighted by Gasteiger charge is -2.01. The number of aromatic nitrogens is 1. The maximum Gasteiger partial charge on any atom is 0.190 e. The van der Waals surface area contributed by atoms with E-state index in [0.29, 0.717) is 5.02 Å². The summed E-state index contributed by atoms with van der Waals surface area (Å²) in [7, 11) is 0. The second-order valence-corrected chi connectivity index (χ2v) is 5.60. The first-order valence-corrected chi connectivity index (χ1v) is 7.23. The molecule has 1 heterocycles. The highest BCUT2D eigenvalue weighted by Crippen LogP contribution is 2.17. The zero-order valence-corrected chi connectivity index (χ0v) is 12.7. The molecule has 5 heteroatoms. The van der Waals surface area contributed by atoms with E-state index in [-0.39, 0.29) is 5.78 Å². The molecule has 0 saturated carbocycles. The van der Waals surface area contributed by atoms with E-state index in [1.54, 1.807) is 6.92 Å². The minimum Gasteiger partial charge on any atom is -0.321 e. The Kier molecular flexibility index (Phi) is 4.22. The van der Waals surface area contributed by atoms with Gasteiger partial charge in [0, 0.05) is 24.2 Å². The Morgan fingerprint density at radius 1 is 1.37 bits per heavy atom. The predicted molar refractivity (Wildman–Crippen MR) is 79.4 cm³/mol. The first-order chi connectivity index (χ1) is 9.02. The van der Waals surface area contributed by atoms with Crippen LogP contribution in [0.4, 0.5) is 5.69 Å². The van der Waals surface area contributed by atoms with Gasteiger partial charge in [0.25, 0.3) is 0 Å². The third kappa shape index (κ3) is 2.96. The van der Waals surface area contributed by atoms with E-state index >= 15 is 0 Å². The smallest absolute Gasteiger partial charge is 0.190 e. The van der Waals surface area contributed by atoms with Crippen molar-refractivity contribution in [3.8, 4) is 0 Å². The van der Waals surface area contributed by atoms with Crippen LogP contribution < -0.4 is 4.80 Å². The van der Waals surface area contributed by atoms with E-state index in [1.165, 1.54) is 11.3 Å². The maximum absolute atomic E-state index is 11.6. The van der Waals surface area contributed by atoms with E-state index in [0.717, 1.165) is 27.6 Å². The number of hydrogen-bond donors (Lipinski definition) is 0. The van der Waals surface area contributed by atoms with Crippen LogP contribution in [0.3, 0.4) is 0 Å². The van der Waals surface area contributed by atoms with Crippen molar-refractivity contribution < 1.29 is 4.79 Å². The summed E-state index contributed by atoms with van der Waals surface area (Å²) in [4.78, 5) is 17.8. The molecular formula is C14H15ClN2OS. The highest BCUT2D eigenvalue weighted by molar-refractivity contribution is 7.11. The Balaban J connectivity index is 2.58. The van der Waals surface area contributed by atoms with E-state index in [1.807, 2.05) is 38.1 Å². The van der Waals surface area contributed by atoms with Crippen LogP contribution in [0.5, 0.6) is 0 Å². The molecule has 0 aliphatic heterocycles. The summed E-state index contributed by atoms with van der Waals surface area (Å²) in [5, 5.41) is 0.689. The molecule has 0 spiro atoms. The molecule has 0 amide bonds. The van der Waals surface area contributed by atoms with Crippen LogP contribution in [0.25, 0.3) is 0 Å². The summed E-state index contributed by atoms with van der Waals surface area (Å²) in [6, 6.07) is 7.35. The van der Waals surface area contributed by atoms with Gasteiger partial charge in [0.2, 0.25) is 0 Å². The molecule has 0 radical (unpaired) electrons. The molecular weight excluding hydrogens is 280 g/mol. The number of ketones is 1. The summed E-state index contributed by atoms with van der Waals surface area (Å²) in [6.07, 6.45) is 0. The van der Waals surface area contributed by atoms with Crippen molar-refractivity contribution in [2.45, 2.75) is 27.3 Å². The van der Waals surface area contributed by atoms with Crippen molar-refractivity contribution >= 4 is 34.4 Å². The number of rotatable bonds is 3. The molecule has 19 heavy (non-hydrogen) atoms. The molecule has 0 atom stereocenters. The predicted octanol–water partition coefficient (Wildman–Crippen LogP) is 3.97. The minimum absolute atomic E-state index is 0.0854. The molecule has 3 nitrogen and oxygen atoms in total. The van der Waals surface area contributed by atoms with Crippen LogP contribution in [0.1, 0.15) is 29.2 Å². The topological polar surface area (TPSA) is 34.4 Å². The second-order valence-electron chi connectivity index (χ2n) is 4.19. The number of thiazole rings is 1. The normalized spacial score (nSPS) is 11.9. The van der Waals surface area contributed by atoms with Crippen LogP contribution in [0.15, 0.2) is 29.3 Å². The lowest BCUT2D eigenvalue weighted by Crippen LogP contribution is -2.14. The van der Waals surface area contributed by atoms with Gasteiger partial charge in [0.15, 0.2) is 10.6 Å². The third-order valence-electron chi connectivity index (χ3n) is 2.85. The van der Waals surface area contributed by atoms with Crippen LogP contribution in [0.2, 0.25) is 5.02 Å². The Labute approximate surface area is 121 Å². The number of halogens is 1. The van der Waals surface area contributed by atoms with Gasteiger partial charge in [-0.25, -0.2) is 4.99 Å². The lowest BCUT2D eigenvalue weighted by molar-refractivity contribution is 0.102. The van der Waals surface area contributed by atoms with E-state index in [2.05, 4.69) is 9.56 Å². The van der Waals surface area contributed by atoms with Crippen molar-refractivity contribution in [1.82, 2.24) is 4.57 Å². The summed E-state index contributed by atoms with van der Waals surface area (Å²) in [6.45, 7) is 6.38. The van der Waals surface area contributed by atoms with Crippen molar-refractivity contribution in [3.05, 3.63) is 44.7 Å². The fraction of sp³-hybridized carbons (Fsp3) is 0.286. The van der Waals surface area contributed by atoms with Gasteiger partial charge in [0.05, 0.1) is 10.6 Å². The average molecular weight is 295 g/mol. The maximum atomic E-state index is 11.6. The van der Waals surface area contributed by atoms with Crippen LogP contribution in [-0.4, -0.2) is 10.4 Å². The third-order valence-corrected chi connectivity index (χ3v) is 4.38. The number of nitrogens with zero attached hydrogens (tertiary/aromatic N) is 2. The Bertz CT molecular complexity index is 668. The Morgan fingerprint density at radius 3 is 2.53 bits per heavy atom. The lowest BCUT2D eigenvalue weighted by atomic mass is 10.3. The standard InChI is InChI=1S/C14H15ClN2OS/c1-4-17-9(2)13(10(3)18)19-14(17)16-12-7-5-11(15)6-8-12/h5-8H,4H2,1-3H3/b16-14-. The second kappa shape index (κ2) is 5.72. The quantitative estimate of drug-likeness (QED) is 0.789. The highest BCUT2D eigenvalue weighted by atomic mass is 35.5. The molecule has 0 aliphatic rings. The molecule has 0 aliphatic carbocycles. The Morgan fingerprint density at radius 2 is 2.00 bits per heavy atom. The molecule has 0 N–H and O–H groups in total. The first-order valence-electron chi connectivity index (χ1n) is 6.04. The van der Waals surface area contributed by atoms with E-state index in [9.17, 15) is 4.79 Å². The monoisotopic (exact) mass is 294 g/mol. The number of carbonyl (C=O) groups excluding carboxylic acids is 1. The fourth-order valence-corrected chi connectivity index (χ4v) is 3.13. The van der Waals surface area contributed by atoms with Gasteiger partial charge in [-0.1, -0.05) is 22.9 Å². The van der Waals surface area contributed by atoms with Crippen molar-refractivity contribution in [1.29, 1.82) is 0 Å². The number of benzene rings is 1. The van der Waals surface area contributed by atoms with Gasteiger partial charge in [-0.2, -0.15) is 0 Å². The van der Waals surface area contributed by atoms with Crippen LogP contribution >= 0.6 is 22.9 Å². The van der Waals surface area contributed by atoms with E-state index < -0.39 is 0 Å². The van der Waals surface area contributed by atoms with Gasteiger partial charge < -0.3 is 4.57 Å². The number of Topliss-reactive ketones (excluding diaryl/α,β-unsaturated/α-hetero) is 1. The van der Waals surface area contributed by atoms with Gasteiger partial charge in [-0.05, 0) is 38.1 Å². The van der Waals surface area contributed by atoms with Crippen LogP contribution in [-0.2, 0) is 6.54 Å². The SMILES string of the molecule is CCn1c(C)c(C(C)=O)s/c1=N\c1ccc(Cl)cc1. The highest BCUT2D eigenvalue weighted by Gasteiger charge is 2.12. The zero-order chi connectivity index (χ0) is 14.0. The van der Waals surface area contributed by atoms with E-state index in [4.69, 9.17) is 11.6 Å².